The van der Waals surface area contributed by atoms with Crippen LogP contribution < -0.4 is 0 Å². The van der Waals surface area contributed by atoms with Gasteiger partial charge in [0, 0.05) is 4.99 Å². The van der Waals surface area contributed by atoms with Crippen LogP contribution in [0.1, 0.15) is 20.3 Å². The Kier molecular flexibility index (Phi) is 3.54. The molecule has 1 radical (unpaired) electrons. The van der Waals surface area contributed by atoms with Crippen LogP contribution in [0.2, 0.25) is 0 Å². The standard InChI is InChI=1S/C5H8Br/c1-3-5(2)4-6/h3H2,1-2H3. The highest BCUT2D eigenvalue weighted by molar-refractivity contribution is 9.10. The third-order valence-corrected chi connectivity index (χ3v) is 1.37. The molecule has 0 aliphatic heterocycles. The van der Waals surface area contributed by atoms with Gasteiger partial charge in [-0.25, -0.2) is 0 Å². The van der Waals surface area contributed by atoms with E-state index in [0.29, 0.717) is 0 Å². The molecule has 0 N–H and O–H groups in total. The first-order chi connectivity index (χ1) is 2.81. The van der Waals surface area contributed by atoms with Gasteiger partial charge in [0.15, 0.2) is 0 Å². The number of rotatable bonds is 1. The molecule has 0 aromatic carbocycles. The monoisotopic (exact) mass is 147 g/mol. The maximum atomic E-state index is 3.09. The van der Waals surface area contributed by atoms with E-state index in [4.69, 9.17) is 0 Å². The average Bonchev–Trinajstić information content (AvgIpc) is 1.65. The van der Waals surface area contributed by atoms with Crippen molar-refractivity contribution in [2.75, 3.05) is 0 Å². The Morgan fingerprint density at radius 3 is 2.33 bits per heavy atom. The molecule has 0 unspecified atom stereocenters. The summed E-state index contributed by atoms with van der Waals surface area (Å²) >= 11 is 3.09. The molecule has 0 amide bonds. The van der Waals surface area contributed by atoms with Gasteiger partial charge in [-0.3, -0.25) is 0 Å². The molecule has 0 aliphatic rings. The van der Waals surface area contributed by atoms with Gasteiger partial charge < -0.3 is 0 Å². The first-order valence-electron chi connectivity index (χ1n) is 2.00. The van der Waals surface area contributed by atoms with Crippen molar-refractivity contribution in [1.82, 2.24) is 0 Å². The molecule has 0 nitrogen and oxygen atoms in total. The molecule has 0 aliphatic carbocycles. The van der Waals surface area contributed by atoms with Gasteiger partial charge in [-0.2, -0.15) is 0 Å². The van der Waals surface area contributed by atoms with Crippen LogP contribution in [-0.2, 0) is 0 Å². The molecule has 6 heavy (non-hydrogen) atoms. The molecule has 1 heteroatoms. The molecule has 0 saturated carbocycles. The number of hydrogen-bond acceptors (Lipinski definition) is 0. The van der Waals surface area contributed by atoms with Crippen molar-refractivity contribution in [2.45, 2.75) is 20.3 Å². The Labute approximate surface area is 47.4 Å². The summed E-state index contributed by atoms with van der Waals surface area (Å²) in [5, 5.41) is 0. The molecule has 0 heterocycles. The first-order valence-corrected chi connectivity index (χ1v) is 2.79. The van der Waals surface area contributed by atoms with E-state index in [1.54, 1.807) is 0 Å². The molecular weight excluding hydrogens is 140 g/mol. The lowest BCUT2D eigenvalue weighted by molar-refractivity contribution is 1.10. The third kappa shape index (κ3) is 2.46. The Morgan fingerprint density at radius 2 is 2.33 bits per heavy atom. The van der Waals surface area contributed by atoms with Gasteiger partial charge in [0.1, 0.15) is 0 Å². The zero-order valence-electron chi connectivity index (χ0n) is 4.09. The zero-order valence-corrected chi connectivity index (χ0v) is 5.67. The minimum atomic E-state index is 1.09. The van der Waals surface area contributed by atoms with E-state index in [-0.39, 0.29) is 0 Å². The van der Waals surface area contributed by atoms with Crippen LogP contribution in [0.15, 0.2) is 5.57 Å². The quantitative estimate of drug-likeness (QED) is 0.535. The Balaban J connectivity index is 3.22. The summed E-state index contributed by atoms with van der Waals surface area (Å²) in [5.41, 5.74) is 1.26. The van der Waals surface area contributed by atoms with Crippen LogP contribution in [0.25, 0.3) is 0 Å². The van der Waals surface area contributed by atoms with Gasteiger partial charge in [-0.05, 0) is 29.3 Å². The average molecular weight is 148 g/mol. The van der Waals surface area contributed by atoms with Crippen molar-refractivity contribution in [3.8, 4) is 0 Å². The van der Waals surface area contributed by atoms with Crippen LogP contribution in [-0.4, -0.2) is 0 Å². The Hall–Kier alpha value is 0.220. The van der Waals surface area contributed by atoms with Crippen molar-refractivity contribution in [1.29, 1.82) is 0 Å². The molecule has 0 rings (SSSR count). The smallest absolute Gasteiger partial charge is 0.0306 e. The van der Waals surface area contributed by atoms with Gasteiger partial charge in [-0.15, -0.1) is 0 Å². The minimum Gasteiger partial charge on any atom is -0.0616 e. The summed E-state index contributed by atoms with van der Waals surface area (Å²) < 4.78 is 0. The predicted octanol–water partition coefficient (Wildman–Crippen LogP) is 2.50. The predicted molar refractivity (Wildman–Crippen MR) is 31.6 cm³/mol. The Morgan fingerprint density at radius 1 is 1.83 bits per heavy atom. The summed E-state index contributed by atoms with van der Waals surface area (Å²) in [7, 11) is 0. The number of hydrogen-bond donors (Lipinski definition) is 0. The van der Waals surface area contributed by atoms with Gasteiger partial charge in [0.2, 0.25) is 0 Å². The fourth-order valence-corrected chi connectivity index (χ4v) is 0.347. The van der Waals surface area contributed by atoms with E-state index < -0.39 is 0 Å². The fraction of sp³-hybridized carbons (Fsp3) is 0.600. The highest BCUT2D eigenvalue weighted by Crippen LogP contribution is 1.98. The molecule has 0 aromatic rings. The van der Waals surface area contributed by atoms with Gasteiger partial charge >= 0.3 is 0 Å². The maximum absolute atomic E-state index is 3.09. The molecule has 35 valence electrons. The van der Waals surface area contributed by atoms with Gasteiger partial charge in [0.25, 0.3) is 0 Å². The van der Waals surface area contributed by atoms with E-state index in [0.717, 1.165) is 6.42 Å². The van der Waals surface area contributed by atoms with Crippen molar-refractivity contribution >= 4 is 15.9 Å². The lowest BCUT2D eigenvalue weighted by Crippen LogP contribution is -1.62. The molecule has 0 aromatic heterocycles. The number of allylic oxidation sites excluding steroid dienone is 1. The molecule has 0 saturated heterocycles. The van der Waals surface area contributed by atoms with Crippen molar-refractivity contribution in [2.24, 2.45) is 0 Å². The van der Waals surface area contributed by atoms with Crippen LogP contribution in [0.5, 0.6) is 0 Å². The summed E-state index contributed by atoms with van der Waals surface area (Å²) in [6, 6.07) is 0. The van der Waals surface area contributed by atoms with Crippen molar-refractivity contribution in [3.05, 3.63) is 10.6 Å². The lowest BCUT2D eigenvalue weighted by Gasteiger charge is -1.82. The summed E-state index contributed by atoms with van der Waals surface area (Å²) in [4.78, 5) is 2.84. The lowest BCUT2D eigenvalue weighted by atomic mass is 10.3. The summed E-state index contributed by atoms with van der Waals surface area (Å²) in [6.07, 6.45) is 1.09. The molecule has 0 spiro atoms. The minimum absolute atomic E-state index is 1.09. The molecule has 0 bridgehead atoms. The second-order valence-corrected chi connectivity index (χ2v) is 1.62. The van der Waals surface area contributed by atoms with E-state index in [2.05, 4.69) is 27.8 Å². The van der Waals surface area contributed by atoms with Crippen LogP contribution in [0.3, 0.4) is 0 Å². The topological polar surface area (TPSA) is 0 Å². The SMILES string of the molecule is CC/C(C)=[C]\Br. The van der Waals surface area contributed by atoms with E-state index in [9.17, 15) is 0 Å². The highest BCUT2D eigenvalue weighted by atomic mass is 79.9. The van der Waals surface area contributed by atoms with Crippen LogP contribution >= 0.6 is 15.9 Å². The second-order valence-electron chi connectivity index (χ2n) is 1.23. The molecular formula is C5H8Br. The second kappa shape index (κ2) is 3.41. The van der Waals surface area contributed by atoms with E-state index >= 15 is 0 Å². The summed E-state index contributed by atoms with van der Waals surface area (Å²) in [5.74, 6) is 0. The highest BCUT2D eigenvalue weighted by Gasteiger charge is 1.75. The first kappa shape index (κ1) is 6.22. The summed E-state index contributed by atoms with van der Waals surface area (Å²) in [6.45, 7) is 4.14. The Bertz CT molecular complexity index is 55.0. The van der Waals surface area contributed by atoms with Crippen molar-refractivity contribution in [3.63, 3.8) is 0 Å². The van der Waals surface area contributed by atoms with Gasteiger partial charge in [0.05, 0.1) is 0 Å². The van der Waals surface area contributed by atoms with E-state index in [1.165, 1.54) is 5.57 Å². The van der Waals surface area contributed by atoms with Crippen molar-refractivity contribution < 1.29 is 0 Å². The van der Waals surface area contributed by atoms with Crippen LogP contribution in [0, 0.1) is 4.99 Å². The maximum Gasteiger partial charge on any atom is 0.0306 e. The zero-order chi connectivity index (χ0) is 4.99. The van der Waals surface area contributed by atoms with Crippen LogP contribution in [0.4, 0.5) is 0 Å². The normalized spacial score (nSPS) is 12.2. The molecule has 0 atom stereocenters. The largest absolute Gasteiger partial charge is 0.0616 e. The third-order valence-electron chi connectivity index (χ3n) is 0.692. The fourth-order valence-electron chi connectivity index (χ4n) is 0.0668. The van der Waals surface area contributed by atoms with E-state index in [1.807, 2.05) is 6.92 Å². The van der Waals surface area contributed by atoms with Gasteiger partial charge in [-0.1, -0.05) is 12.5 Å². The molecule has 0 fully saturated rings. The number of halogens is 1.